The van der Waals surface area contributed by atoms with Gasteiger partial charge in [-0.25, -0.2) is 4.39 Å². The van der Waals surface area contributed by atoms with Crippen LogP contribution in [0.3, 0.4) is 0 Å². The second-order valence-corrected chi connectivity index (χ2v) is 4.40. The highest BCUT2D eigenvalue weighted by Gasteiger charge is 2.15. The van der Waals surface area contributed by atoms with E-state index in [2.05, 4.69) is 13.8 Å². The predicted molar refractivity (Wildman–Crippen MR) is 59.3 cm³/mol. The fourth-order valence-corrected chi connectivity index (χ4v) is 1.10. The summed E-state index contributed by atoms with van der Waals surface area (Å²) < 4.78 is 18.5. The Morgan fingerprint density at radius 1 is 1.33 bits per heavy atom. The Labute approximate surface area is 90.2 Å². The van der Waals surface area contributed by atoms with Gasteiger partial charge in [0.1, 0.15) is 0 Å². The average Bonchev–Trinajstić information content (AvgIpc) is 2.21. The topological polar surface area (TPSA) is 35.2 Å². The van der Waals surface area contributed by atoms with Crippen molar-refractivity contribution in [2.75, 3.05) is 13.2 Å². The summed E-state index contributed by atoms with van der Waals surface area (Å²) in [6.07, 6.45) is 0.817. The second-order valence-electron chi connectivity index (χ2n) is 4.40. The standard InChI is InChI=1S/C12H18FNO/c1-12(2,9-14)7-8-15-11-6-4-3-5-10(11)13/h3-6H,7-9,14H2,1-2H3. The Morgan fingerprint density at radius 2 is 2.00 bits per heavy atom. The Hall–Kier alpha value is -1.09. The number of hydrogen-bond donors (Lipinski definition) is 1. The third-order valence-corrected chi connectivity index (χ3v) is 2.43. The van der Waals surface area contributed by atoms with Gasteiger partial charge in [0, 0.05) is 0 Å². The van der Waals surface area contributed by atoms with Crippen LogP contribution < -0.4 is 10.5 Å². The number of rotatable bonds is 5. The van der Waals surface area contributed by atoms with Crippen molar-refractivity contribution >= 4 is 0 Å². The Morgan fingerprint density at radius 3 is 2.60 bits per heavy atom. The lowest BCUT2D eigenvalue weighted by Gasteiger charge is -2.22. The molecule has 0 radical (unpaired) electrons. The van der Waals surface area contributed by atoms with Gasteiger partial charge in [0.05, 0.1) is 6.61 Å². The van der Waals surface area contributed by atoms with Crippen LogP contribution in [-0.4, -0.2) is 13.2 Å². The number of nitrogens with two attached hydrogens (primary N) is 1. The van der Waals surface area contributed by atoms with Crippen molar-refractivity contribution < 1.29 is 9.13 Å². The van der Waals surface area contributed by atoms with Crippen molar-refractivity contribution in [2.45, 2.75) is 20.3 Å². The van der Waals surface area contributed by atoms with E-state index in [1.54, 1.807) is 18.2 Å². The highest BCUT2D eigenvalue weighted by atomic mass is 19.1. The molecular formula is C12H18FNO. The Kier molecular flexibility index (Phi) is 4.09. The Bertz CT molecular complexity index is 312. The summed E-state index contributed by atoms with van der Waals surface area (Å²) in [6, 6.07) is 6.42. The SMILES string of the molecule is CC(C)(CN)CCOc1ccccc1F. The van der Waals surface area contributed by atoms with E-state index in [9.17, 15) is 4.39 Å². The molecule has 1 aromatic carbocycles. The first-order valence-corrected chi connectivity index (χ1v) is 5.12. The molecule has 0 bridgehead atoms. The Balaban J connectivity index is 2.42. The molecule has 1 aromatic rings. The highest BCUT2D eigenvalue weighted by Crippen LogP contribution is 2.20. The molecule has 0 saturated carbocycles. The predicted octanol–water partition coefficient (Wildman–Crippen LogP) is 2.58. The van der Waals surface area contributed by atoms with Crippen molar-refractivity contribution in [3.05, 3.63) is 30.1 Å². The van der Waals surface area contributed by atoms with Gasteiger partial charge in [0.15, 0.2) is 11.6 Å². The number of halogens is 1. The summed E-state index contributed by atoms with van der Waals surface area (Å²) in [5.41, 5.74) is 5.63. The molecule has 0 aliphatic heterocycles. The molecule has 0 aromatic heterocycles. The van der Waals surface area contributed by atoms with Gasteiger partial charge in [-0.2, -0.15) is 0 Å². The first-order valence-electron chi connectivity index (χ1n) is 5.12. The number of benzene rings is 1. The monoisotopic (exact) mass is 211 g/mol. The maximum Gasteiger partial charge on any atom is 0.165 e. The highest BCUT2D eigenvalue weighted by molar-refractivity contribution is 5.23. The van der Waals surface area contributed by atoms with Gasteiger partial charge in [-0.3, -0.25) is 0 Å². The van der Waals surface area contributed by atoms with Gasteiger partial charge in [0.25, 0.3) is 0 Å². The zero-order valence-corrected chi connectivity index (χ0v) is 9.29. The van der Waals surface area contributed by atoms with E-state index in [1.165, 1.54) is 6.07 Å². The molecule has 0 unspecified atom stereocenters. The van der Waals surface area contributed by atoms with Gasteiger partial charge in [-0.15, -0.1) is 0 Å². The van der Waals surface area contributed by atoms with E-state index in [1.807, 2.05) is 0 Å². The van der Waals surface area contributed by atoms with Crippen molar-refractivity contribution in [3.8, 4) is 5.75 Å². The number of hydrogen-bond acceptors (Lipinski definition) is 2. The third kappa shape index (κ3) is 3.88. The quantitative estimate of drug-likeness (QED) is 0.812. The van der Waals surface area contributed by atoms with Gasteiger partial charge in [0.2, 0.25) is 0 Å². The largest absolute Gasteiger partial charge is 0.490 e. The molecule has 0 spiro atoms. The summed E-state index contributed by atoms with van der Waals surface area (Å²) in [4.78, 5) is 0. The molecule has 0 aliphatic rings. The van der Waals surface area contributed by atoms with E-state index in [4.69, 9.17) is 10.5 Å². The van der Waals surface area contributed by atoms with Crippen LogP contribution in [0.1, 0.15) is 20.3 Å². The van der Waals surface area contributed by atoms with E-state index < -0.39 is 0 Å². The van der Waals surface area contributed by atoms with Crippen molar-refractivity contribution in [3.63, 3.8) is 0 Å². The summed E-state index contributed by atoms with van der Waals surface area (Å²) in [7, 11) is 0. The summed E-state index contributed by atoms with van der Waals surface area (Å²) >= 11 is 0. The summed E-state index contributed by atoms with van der Waals surface area (Å²) in [5, 5.41) is 0. The molecular weight excluding hydrogens is 193 g/mol. The summed E-state index contributed by atoms with van der Waals surface area (Å²) in [6.45, 7) is 5.23. The molecule has 1 rings (SSSR count). The molecule has 0 amide bonds. The first kappa shape index (κ1) is 12.0. The molecule has 0 atom stereocenters. The molecule has 3 heteroatoms. The molecule has 2 N–H and O–H groups in total. The molecule has 0 aliphatic carbocycles. The minimum absolute atomic E-state index is 0.0469. The van der Waals surface area contributed by atoms with E-state index in [0.717, 1.165) is 6.42 Å². The normalized spacial score (nSPS) is 11.5. The van der Waals surface area contributed by atoms with E-state index in [-0.39, 0.29) is 11.2 Å². The fraction of sp³-hybridized carbons (Fsp3) is 0.500. The van der Waals surface area contributed by atoms with Crippen LogP contribution in [0.15, 0.2) is 24.3 Å². The van der Waals surface area contributed by atoms with Crippen LogP contribution in [0.5, 0.6) is 5.75 Å². The number of ether oxygens (including phenoxy) is 1. The van der Waals surface area contributed by atoms with Crippen LogP contribution in [-0.2, 0) is 0 Å². The molecule has 0 saturated heterocycles. The lowest BCUT2D eigenvalue weighted by Crippen LogP contribution is -2.25. The van der Waals surface area contributed by atoms with Crippen LogP contribution in [0, 0.1) is 11.2 Å². The van der Waals surface area contributed by atoms with Gasteiger partial charge < -0.3 is 10.5 Å². The molecule has 2 nitrogen and oxygen atoms in total. The average molecular weight is 211 g/mol. The van der Waals surface area contributed by atoms with Crippen LogP contribution in [0.4, 0.5) is 4.39 Å². The van der Waals surface area contributed by atoms with Crippen molar-refractivity contribution in [1.29, 1.82) is 0 Å². The van der Waals surface area contributed by atoms with Gasteiger partial charge in [-0.1, -0.05) is 26.0 Å². The van der Waals surface area contributed by atoms with Crippen LogP contribution >= 0.6 is 0 Å². The molecule has 15 heavy (non-hydrogen) atoms. The smallest absolute Gasteiger partial charge is 0.165 e. The lowest BCUT2D eigenvalue weighted by molar-refractivity contribution is 0.226. The second kappa shape index (κ2) is 5.12. The number of para-hydroxylation sites is 1. The lowest BCUT2D eigenvalue weighted by atomic mass is 9.90. The zero-order valence-electron chi connectivity index (χ0n) is 9.29. The third-order valence-electron chi connectivity index (χ3n) is 2.43. The summed E-state index contributed by atoms with van der Waals surface area (Å²) in [5.74, 6) is -0.00613. The van der Waals surface area contributed by atoms with Crippen molar-refractivity contribution in [2.24, 2.45) is 11.1 Å². The van der Waals surface area contributed by atoms with Gasteiger partial charge in [-0.05, 0) is 30.5 Å². The first-order chi connectivity index (χ1) is 7.05. The molecule has 0 fully saturated rings. The fourth-order valence-electron chi connectivity index (χ4n) is 1.10. The maximum atomic E-state index is 13.1. The van der Waals surface area contributed by atoms with Crippen LogP contribution in [0.25, 0.3) is 0 Å². The minimum Gasteiger partial charge on any atom is -0.490 e. The van der Waals surface area contributed by atoms with Crippen molar-refractivity contribution in [1.82, 2.24) is 0 Å². The minimum atomic E-state index is -0.317. The van der Waals surface area contributed by atoms with E-state index in [0.29, 0.717) is 18.9 Å². The molecule has 84 valence electrons. The van der Waals surface area contributed by atoms with Gasteiger partial charge >= 0.3 is 0 Å². The zero-order chi connectivity index (χ0) is 11.3. The van der Waals surface area contributed by atoms with E-state index >= 15 is 0 Å². The molecule has 0 heterocycles. The van der Waals surface area contributed by atoms with Crippen LogP contribution in [0.2, 0.25) is 0 Å². The maximum absolute atomic E-state index is 13.1.